The van der Waals surface area contributed by atoms with E-state index in [9.17, 15) is 9.18 Å². The molecule has 0 bridgehead atoms. The van der Waals surface area contributed by atoms with E-state index in [4.69, 9.17) is 10.3 Å². The second-order valence-electron chi connectivity index (χ2n) is 7.41. The van der Waals surface area contributed by atoms with Crippen LogP contribution in [0.5, 0.6) is 0 Å². The molecule has 4 rings (SSSR count). The van der Waals surface area contributed by atoms with Gasteiger partial charge in [-0.15, -0.1) is 0 Å². The van der Waals surface area contributed by atoms with E-state index >= 15 is 0 Å². The number of guanidine groups is 1. The molecule has 6 nitrogen and oxygen atoms in total. The first-order chi connectivity index (χ1) is 14.5. The molecule has 1 aromatic heterocycles. The summed E-state index contributed by atoms with van der Waals surface area (Å²) in [5.74, 6) is 0.367. The third kappa shape index (κ3) is 4.25. The molecule has 0 amide bonds. The summed E-state index contributed by atoms with van der Waals surface area (Å²) in [5.41, 5.74) is 8.87. The van der Waals surface area contributed by atoms with Crippen LogP contribution in [0.4, 0.5) is 10.3 Å². The van der Waals surface area contributed by atoms with Gasteiger partial charge in [0, 0.05) is 43.5 Å². The van der Waals surface area contributed by atoms with Crippen molar-refractivity contribution in [3.8, 4) is 11.1 Å². The van der Waals surface area contributed by atoms with Gasteiger partial charge in [-0.25, -0.2) is 4.39 Å². The summed E-state index contributed by atoms with van der Waals surface area (Å²) in [5, 5.41) is 4.08. The SMILES string of the molecule is CC(c1ccc(-c2ccccc2)c(F)c1)c1cc(/N=C(/N)N2CCC(=O)CC2)on1. The first-order valence-electron chi connectivity index (χ1n) is 9.93. The summed E-state index contributed by atoms with van der Waals surface area (Å²) >= 11 is 0. The molecule has 2 aromatic carbocycles. The summed E-state index contributed by atoms with van der Waals surface area (Å²) in [4.78, 5) is 17.5. The summed E-state index contributed by atoms with van der Waals surface area (Å²) in [6, 6.07) is 16.3. The van der Waals surface area contributed by atoms with Crippen LogP contribution in [0.15, 0.2) is 64.1 Å². The molecule has 3 aromatic rings. The molecule has 0 saturated carbocycles. The van der Waals surface area contributed by atoms with Crippen molar-refractivity contribution in [1.29, 1.82) is 0 Å². The lowest BCUT2D eigenvalue weighted by Crippen LogP contribution is -2.42. The molecular weight excluding hydrogens is 383 g/mol. The Morgan fingerprint density at radius 3 is 2.60 bits per heavy atom. The van der Waals surface area contributed by atoms with Crippen LogP contribution in [-0.2, 0) is 4.79 Å². The monoisotopic (exact) mass is 406 g/mol. The zero-order valence-corrected chi connectivity index (χ0v) is 16.7. The molecule has 2 N–H and O–H groups in total. The van der Waals surface area contributed by atoms with Crippen molar-refractivity contribution in [3.63, 3.8) is 0 Å². The van der Waals surface area contributed by atoms with E-state index in [0.29, 0.717) is 43.1 Å². The number of ketones is 1. The lowest BCUT2D eigenvalue weighted by Gasteiger charge is -2.26. The minimum absolute atomic E-state index is 0.175. The van der Waals surface area contributed by atoms with E-state index in [-0.39, 0.29) is 23.4 Å². The average Bonchev–Trinajstić information content (AvgIpc) is 3.22. The van der Waals surface area contributed by atoms with Crippen molar-refractivity contribution in [3.05, 3.63) is 71.7 Å². The Bertz CT molecular complexity index is 1070. The van der Waals surface area contributed by atoms with Gasteiger partial charge in [0.25, 0.3) is 5.88 Å². The Morgan fingerprint density at radius 2 is 1.90 bits per heavy atom. The van der Waals surface area contributed by atoms with Crippen molar-refractivity contribution in [2.24, 2.45) is 10.7 Å². The molecule has 1 atom stereocenters. The van der Waals surface area contributed by atoms with Crippen LogP contribution in [0.1, 0.15) is 36.9 Å². The Labute approximate surface area is 174 Å². The van der Waals surface area contributed by atoms with Crippen molar-refractivity contribution in [1.82, 2.24) is 10.1 Å². The molecular formula is C23H23FN4O2. The summed E-state index contributed by atoms with van der Waals surface area (Å²) in [6.45, 7) is 3.04. The van der Waals surface area contributed by atoms with Crippen molar-refractivity contribution in [2.75, 3.05) is 13.1 Å². The lowest BCUT2D eigenvalue weighted by atomic mass is 9.95. The van der Waals surface area contributed by atoms with Gasteiger partial charge in [0.15, 0.2) is 5.96 Å². The number of aromatic nitrogens is 1. The number of Topliss-reactive ketones (excluding diaryl/α,β-unsaturated/α-hetero) is 1. The predicted octanol–water partition coefficient (Wildman–Crippen LogP) is 4.24. The molecule has 7 heteroatoms. The summed E-state index contributed by atoms with van der Waals surface area (Å²) in [6.07, 6.45) is 0.943. The molecule has 1 saturated heterocycles. The van der Waals surface area contributed by atoms with Crippen molar-refractivity contribution < 1.29 is 13.7 Å². The third-order valence-corrected chi connectivity index (χ3v) is 5.41. The summed E-state index contributed by atoms with van der Waals surface area (Å²) < 4.78 is 20.0. The molecule has 30 heavy (non-hydrogen) atoms. The topological polar surface area (TPSA) is 84.7 Å². The maximum Gasteiger partial charge on any atom is 0.253 e. The largest absolute Gasteiger partial charge is 0.369 e. The molecule has 0 aliphatic carbocycles. The molecule has 1 aliphatic heterocycles. The van der Waals surface area contributed by atoms with Crippen LogP contribution in [0, 0.1) is 5.82 Å². The van der Waals surface area contributed by atoms with E-state index in [1.165, 1.54) is 6.07 Å². The standard InChI is InChI=1S/C23H23FN4O2/c1-15(17-7-8-19(20(24)13-17)16-5-3-2-4-6-16)21-14-22(30-27-21)26-23(25)28-11-9-18(29)10-12-28/h2-8,13-15H,9-12H2,1H3,(H2,25,26). The van der Waals surface area contributed by atoms with E-state index in [1.54, 1.807) is 12.1 Å². The highest BCUT2D eigenvalue weighted by atomic mass is 19.1. The fraction of sp³-hybridized carbons (Fsp3) is 0.261. The highest BCUT2D eigenvalue weighted by molar-refractivity contribution is 5.85. The van der Waals surface area contributed by atoms with Crippen LogP contribution in [0.2, 0.25) is 0 Å². The molecule has 154 valence electrons. The number of halogens is 1. The molecule has 2 heterocycles. The molecule has 1 unspecified atom stereocenters. The molecule has 1 fully saturated rings. The predicted molar refractivity (Wildman–Crippen MR) is 113 cm³/mol. The van der Waals surface area contributed by atoms with Crippen molar-refractivity contribution >= 4 is 17.6 Å². The van der Waals surface area contributed by atoms with Crippen molar-refractivity contribution in [2.45, 2.75) is 25.7 Å². The van der Waals surface area contributed by atoms with E-state index < -0.39 is 0 Å². The van der Waals surface area contributed by atoms with Crippen LogP contribution >= 0.6 is 0 Å². The molecule has 1 aliphatic rings. The number of carbonyl (C=O) groups is 1. The van der Waals surface area contributed by atoms with E-state index in [0.717, 1.165) is 11.1 Å². The maximum absolute atomic E-state index is 14.7. The molecule has 0 radical (unpaired) electrons. The van der Waals surface area contributed by atoms with Gasteiger partial charge < -0.3 is 15.2 Å². The highest BCUT2D eigenvalue weighted by Gasteiger charge is 2.19. The summed E-state index contributed by atoms with van der Waals surface area (Å²) in [7, 11) is 0. The number of piperidine rings is 1. The lowest BCUT2D eigenvalue weighted by molar-refractivity contribution is -0.120. The third-order valence-electron chi connectivity index (χ3n) is 5.41. The Kier molecular flexibility index (Phi) is 5.61. The van der Waals surface area contributed by atoms with Gasteiger partial charge in [-0.2, -0.15) is 4.99 Å². The first-order valence-corrected chi connectivity index (χ1v) is 9.93. The van der Waals surface area contributed by atoms with Gasteiger partial charge in [0.05, 0.1) is 5.69 Å². The number of benzene rings is 2. The second-order valence-corrected chi connectivity index (χ2v) is 7.41. The van der Waals surface area contributed by atoms with Gasteiger partial charge in [0.2, 0.25) is 0 Å². The van der Waals surface area contributed by atoms with E-state index in [1.807, 2.05) is 48.2 Å². The Hall–Kier alpha value is -3.48. The average molecular weight is 406 g/mol. The minimum atomic E-state index is -0.281. The van der Waals surface area contributed by atoms with Crippen LogP contribution < -0.4 is 5.73 Å². The van der Waals surface area contributed by atoms with Gasteiger partial charge in [-0.05, 0) is 17.2 Å². The highest BCUT2D eigenvalue weighted by Crippen LogP contribution is 2.30. The second kappa shape index (κ2) is 8.49. The number of nitrogens with two attached hydrogens (primary N) is 1. The van der Waals surface area contributed by atoms with E-state index in [2.05, 4.69) is 10.1 Å². The number of nitrogens with zero attached hydrogens (tertiary/aromatic N) is 3. The quantitative estimate of drug-likeness (QED) is 0.517. The fourth-order valence-electron chi connectivity index (χ4n) is 3.53. The van der Waals surface area contributed by atoms with Gasteiger partial charge in [-0.1, -0.05) is 54.5 Å². The van der Waals surface area contributed by atoms with Gasteiger partial charge in [-0.3, -0.25) is 4.79 Å². The fourth-order valence-corrected chi connectivity index (χ4v) is 3.53. The normalized spacial score (nSPS) is 16.0. The molecule has 0 spiro atoms. The maximum atomic E-state index is 14.7. The van der Waals surface area contributed by atoms with Crippen LogP contribution in [0.3, 0.4) is 0 Å². The van der Waals surface area contributed by atoms with Crippen LogP contribution in [0.25, 0.3) is 11.1 Å². The number of hydrogen-bond donors (Lipinski definition) is 1. The number of rotatable bonds is 4. The number of likely N-dealkylation sites (tertiary alicyclic amines) is 1. The zero-order valence-electron chi connectivity index (χ0n) is 16.7. The van der Waals surface area contributed by atoms with Gasteiger partial charge in [0.1, 0.15) is 11.6 Å². The smallest absolute Gasteiger partial charge is 0.253 e. The first kappa shape index (κ1) is 19.8. The number of hydrogen-bond acceptors (Lipinski definition) is 4. The number of carbonyl (C=O) groups excluding carboxylic acids is 1. The Balaban J connectivity index is 1.50. The zero-order chi connectivity index (χ0) is 21.1. The van der Waals surface area contributed by atoms with Crippen LogP contribution in [-0.4, -0.2) is 34.9 Å². The van der Waals surface area contributed by atoms with Gasteiger partial charge >= 0.3 is 0 Å². The number of aliphatic imine (C=N–C) groups is 1. The minimum Gasteiger partial charge on any atom is -0.369 e. The Morgan fingerprint density at radius 1 is 1.17 bits per heavy atom.